The molecule has 0 aliphatic carbocycles. The van der Waals surface area contributed by atoms with Crippen molar-refractivity contribution in [3.63, 3.8) is 0 Å². The van der Waals surface area contributed by atoms with E-state index in [4.69, 9.17) is 4.42 Å². The summed E-state index contributed by atoms with van der Waals surface area (Å²) in [6, 6.07) is 4.88. The number of aromatic nitrogens is 2. The van der Waals surface area contributed by atoms with Crippen LogP contribution in [0.25, 0.3) is 11.6 Å². The number of hydrogen-bond donors (Lipinski definition) is 0. The van der Waals surface area contributed by atoms with Crippen molar-refractivity contribution < 1.29 is 17.6 Å². The molecule has 0 aliphatic heterocycles. The summed E-state index contributed by atoms with van der Waals surface area (Å²) in [4.78, 5) is 7.44. The van der Waals surface area contributed by atoms with Gasteiger partial charge in [0.2, 0.25) is 5.89 Å². The maximum Gasteiger partial charge on any atom is 0.436 e. The Bertz CT molecular complexity index is 532. The van der Waals surface area contributed by atoms with Crippen LogP contribution in [0.4, 0.5) is 13.2 Å². The van der Waals surface area contributed by atoms with Crippen molar-refractivity contribution in [2.24, 2.45) is 0 Å². The molecule has 0 N–H and O–H groups in total. The summed E-state index contributed by atoms with van der Waals surface area (Å²) in [6.07, 6.45) is -3.04. The number of hydrogen-bond acceptors (Lipinski definition) is 3. The lowest BCUT2D eigenvalue weighted by atomic mass is 10.1. The number of oxazole rings is 1. The lowest BCUT2D eigenvalue weighted by molar-refractivity contribution is -0.142. The average molecular weight is 256 g/mol. The summed E-state index contributed by atoms with van der Waals surface area (Å²) < 4.78 is 43.6. The van der Waals surface area contributed by atoms with Gasteiger partial charge >= 0.3 is 6.18 Å². The molecule has 0 amide bonds. The van der Waals surface area contributed by atoms with Gasteiger partial charge in [-0.1, -0.05) is 19.9 Å². The molecule has 18 heavy (non-hydrogen) atoms. The third-order valence-electron chi connectivity index (χ3n) is 2.33. The van der Waals surface area contributed by atoms with E-state index >= 15 is 0 Å². The minimum atomic E-state index is -4.52. The summed E-state index contributed by atoms with van der Waals surface area (Å²) in [6.45, 7) is 3.25. The highest BCUT2D eigenvalue weighted by atomic mass is 19.4. The number of alkyl halides is 3. The van der Waals surface area contributed by atoms with Gasteiger partial charge in [-0.2, -0.15) is 13.2 Å². The van der Waals surface area contributed by atoms with Crippen molar-refractivity contribution in [2.75, 3.05) is 0 Å². The van der Waals surface area contributed by atoms with Crippen molar-refractivity contribution in [2.45, 2.75) is 25.9 Å². The predicted octanol–water partition coefficient (Wildman–Crippen LogP) is 3.88. The zero-order valence-electron chi connectivity index (χ0n) is 9.82. The van der Waals surface area contributed by atoms with Crippen LogP contribution in [-0.2, 0) is 6.18 Å². The van der Waals surface area contributed by atoms with Crippen molar-refractivity contribution in [3.8, 4) is 11.6 Å². The summed E-state index contributed by atoms with van der Waals surface area (Å²) >= 11 is 0. The lowest BCUT2D eigenvalue weighted by Gasteiger charge is -2.06. The highest BCUT2D eigenvalue weighted by molar-refractivity contribution is 5.47. The molecular formula is C12H11F3N2O. The summed E-state index contributed by atoms with van der Waals surface area (Å²) in [5, 5.41) is 0. The van der Waals surface area contributed by atoms with Crippen molar-refractivity contribution >= 4 is 0 Å². The summed E-state index contributed by atoms with van der Waals surface area (Å²) in [7, 11) is 0. The molecule has 0 atom stereocenters. The van der Waals surface area contributed by atoms with Crippen LogP contribution in [0.1, 0.15) is 31.2 Å². The van der Waals surface area contributed by atoms with Gasteiger partial charge < -0.3 is 4.42 Å². The van der Waals surface area contributed by atoms with Crippen LogP contribution in [0.3, 0.4) is 0 Å². The van der Waals surface area contributed by atoms with Crippen LogP contribution in [-0.4, -0.2) is 9.97 Å². The first-order chi connectivity index (χ1) is 8.39. The molecule has 0 unspecified atom stereocenters. The molecule has 0 radical (unpaired) electrons. The first-order valence-corrected chi connectivity index (χ1v) is 5.39. The maximum absolute atomic E-state index is 12.8. The van der Waals surface area contributed by atoms with Crippen LogP contribution in [0, 0.1) is 0 Å². The number of rotatable bonds is 2. The van der Waals surface area contributed by atoms with Gasteiger partial charge in [-0.25, -0.2) is 4.98 Å². The van der Waals surface area contributed by atoms with E-state index in [0.29, 0.717) is 0 Å². The van der Waals surface area contributed by atoms with Crippen molar-refractivity contribution in [3.05, 3.63) is 35.9 Å². The molecule has 0 spiro atoms. The van der Waals surface area contributed by atoms with E-state index in [1.165, 1.54) is 6.20 Å². The first-order valence-electron chi connectivity index (χ1n) is 5.39. The Hall–Kier alpha value is -1.85. The second-order valence-corrected chi connectivity index (χ2v) is 4.10. The predicted molar refractivity (Wildman–Crippen MR) is 58.8 cm³/mol. The third-order valence-corrected chi connectivity index (χ3v) is 2.33. The van der Waals surface area contributed by atoms with Gasteiger partial charge in [0.05, 0.1) is 0 Å². The van der Waals surface area contributed by atoms with Crippen LogP contribution in [0.5, 0.6) is 0 Å². The molecule has 2 heterocycles. The van der Waals surface area contributed by atoms with Crippen molar-refractivity contribution in [1.82, 2.24) is 9.97 Å². The molecule has 0 saturated heterocycles. The molecule has 0 saturated carbocycles. The molecule has 0 aromatic carbocycles. The molecular weight excluding hydrogens is 245 g/mol. The van der Waals surface area contributed by atoms with E-state index < -0.39 is 17.8 Å². The fraction of sp³-hybridized carbons (Fsp3) is 0.333. The maximum atomic E-state index is 12.8. The molecule has 0 aliphatic rings. The minimum Gasteiger partial charge on any atom is -0.439 e. The van der Waals surface area contributed by atoms with Crippen LogP contribution < -0.4 is 0 Å². The van der Waals surface area contributed by atoms with Crippen LogP contribution >= 0.6 is 0 Å². The Morgan fingerprint density at radius 1 is 1.22 bits per heavy atom. The normalized spacial score (nSPS) is 12.1. The van der Waals surface area contributed by atoms with E-state index in [1.807, 2.05) is 0 Å². The summed E-state index contributed by atoms with van der Waals surface area (Å²) in [5.74, 6) is -0.665. The third kappa shape index (κ3) is 2.37. The van der Waals surface area contributed by atoms with Crippen LogP contribution in [0.2, 0.25) is 0 Å². The van der Waals surface area contributed by atoms with Gasteiger partial charge in [0.25, 0.3) is 0 Å². The molecule has 0 fully saturated rings. The van der Waals surface area contributed by atoms with E-state index in [0.717, 1.165) is 0 Å². The SMILES string of the molecule is CC(C)c1oc(-c2ccccn2)nc1C(F)(F)F. The Labute approximate surface area is 102 Å². The molecule has 0 bridgehead atoms. The largest absolute Gasteiger partial charge is 0.439 e. The highest BCUT2D eigenvalue weighted by Gasteiger charge is 2.39. The molecule has 6 heteroatoms. The van der Waals surface area contributed by atoms with Gasteiger partial charge in [0.15, 0.2) is 5.69 Å². The zero-order valence-corrected chi connectivity index (χ0v) is 9.82. The molecule has 2 aromatic heterocycles. The smallest absolute Gasteiger partial charge is 0.436 e. The molecule has 3 nitrogen and oxygen atoms in total. The van der Waals surface area contributed by atoms with E-state index in [2.05, 4.69) is 9.97 Å². The number of nitrogens with zero attached hydrogens (tertiary/aromatic N) is 2. The zero-order chi connectivity index (χ0) is 13.3. The fourth-order valence-electron chi connectivity index (χ4n) is 1.53. The lowest BCUT2D eigenvalue weighted by Crippen LogP contribution is -2.09. The Balaban J connectivity index is 2.53. The van der Waals surface area contributed by atoms with Gasteiger partial charge in [-0.05, 0) is 12.1 Å². The minimum absolute atomic E-state index is 0.105. The summed E-state index contributed by atoms with van der Waals surface area (Å²) in [5.41, 5.74) is -0.687. The van der Waals surface area contributed by atoms with Gasteiger partial charge in [0, 0.05) is 12.1 Å². The van der Waals surface area contributed by atoms with Crippen LogP contribution in [0.15, 0.2) is 28.8 Å². The van der Waals surface area contributed by atoms with E-state index in [1.54, 1.807) is 32.0 Å². The average Bonchev–Trinajstić information content (AvgIpc) is 2.74. The van der Waals surface area contributed by atoms with Crippen molar-refractivity contribution in [1.29, 1.82) is 0 Å². The first kappa shape index (κ1) is 12.6. The van der Waals surface area contributed by atoms with E-state index in [-0.39, 0.29) is 17.3 Å². The second kappa shape index (κ2) is 4.44. The van der Waals surface area contributed by atoms with Gasteiger partial charge in [-0.3, -0.25) is 4.98 Å². The fourth-order valence-corrected chi connectivity index (χ4v) is 1.53. The Kier molecular flexibility index (Phi) is 3.11. The number of halogens is 3. The van der Waals surface area contributed by atoms with E-state index in [9.17, 15) is 13.2 Å². The molecule has 96 valence electrons. The highest BCUT2D eigenvalue weighted by Crippen LogP contribution is 2.36. The quantitative estimate of drug-likeness (QED) is 0.818. The van der Waals surface area contributed by atoms with Gasteiger partial charge in [0.1, 0.15) is 11.5 Å². The number of pyridine rings is 1. The monoisotopic (exact) mass is 256 g/mol. The standard InChI is InChI=1S/C12H11F3N2O/c1-7(2)9-10(12(13,14)15)17-11(18-9)8-5-3-4-6-16-8/h3-7H,1-2H3. The molecule has 2 aromatic rings. The second-order valence-electron chi connectivity index (χ2n) is 4.10. The Morgan fingerprint density at radius 3 is 2.39 bits per heavy atom. The molecule has 2 rings (SSSR count). The van der Waals surface area contributed by atoms with Gasteiger partial charge in [-0.15, -0.1) is 0 Å². The Morgan fingerprint density at radius 2 is 1.94 bits per heavy atom. The topological polar surface area (TPSA) is 38.9 Å².